The maximum atomic E-state index is 11.7. The highest BCUT2D eigenvalue weighted by Crippen LogP contribution is 2.25. The van der Waals surface area contributed by atoms with Gasteiger partial charge < -0.3 is 34.8 Å². The lowest BCUT2D eigenvalue weighted by atomic mass is 10.2. The quantitative estimate of drug-likeness (QED) is 0.255. The van der Waals surface area contributed by atoms with E-state index >= 15 is 0 Å². The van der Waals surface area contributed by atoms with Crippen LogP contribution in [0.25, 0.3) is 0 Å². The predicted octanol–water partition coefficient (Wildman–Crippen LogP) is 1.21. The summed E-state index contributed by atoms with van der Waals surface area (Å²) in [5.41, 5.74) is -0.546. The number of amides is 1. The Balaban J connectivity index is 2.43. The number of rotatable bonds is 9. The Labute approximate surface area is 160 Å². The van der Waals surface area contributed by atoms with Crippen LogP contribution in [0, 0.1) is 0 Å². The molecular weight excluding hydrogens is 374 g/mol. The zero-order chi connectivity index (χ0) is 20.8. The molecule has 0 aromatic rings. The SMILES string of the molecule is CC(C)(C)OC(=O)NC[Si](C)(C)CCCOC1=C(O)C(=O)O[C@@H]1[C@@H](O)CO. The number of carbonyl (C=O) groups is 2. The molecule has 0 unspecified atom stereocenters. The van der Waals surface area contributed by atoms with Gasteiger partial charge in [0.25, 0.3) is 0 Å². The number of alkyl carbamates (subject to hydrolysis) is 1. The first kappa shape index (κ1) is 23.3. The number of carbonyl (C=O) groups excluding carboxylic acids is 2. The topological polar surface area (TPSA) is 135 Å². The maximum Gasteiger partial charge on any atom is 0.407 e. The van der Waals surface area contributed by atoms with Crippen LogP contribution in [0.2, 0.25) is 19.1 Å². The van der Waals surface area contributed by atoms with E-state index in [0.717, 1.165) is 6.04 Å². The summed E-state index contributed by atoms with van der Waals surface area (Å²) in [6.45, 7) is 9.20. The maximum absolute atomic E-state index is 11.7. The van der Waals surface area contributed by atoms with Crippen molar-refractivity contribution >= 4 is 20.1 Å². The molecular formula is C17H31NO8Si. The van der Waals surface area contributed by atoms with E-state index in [1.807, 2.05) is 0 Å². The van der Waals surface area contributed by atoms with Crippen LogP contribution in [0.15, 0.2) is 11.5 Å². The Kier molecular flexibility index (Phi) is 8.12. The van der Waals surface area contributed by atoms with Gasteiger partial charge in [-0.1, -0.05) is 19.1 Å². The summed E-state index contributed by atoms with van der Waals surface area (Å²) in [5, 5.41) is 31.1. The number of hydrogen-bond acceptors (Lipinski definition) is 8. The Morgan fingerprint density at radius 1 is 1.37 bits per heavy atom. The molecule has 0 saturated heterocycles. The van der Waals surface area contributed by atoms with Crippen molar-refractivity contribution in [3.05, 3.63) is 11.5 Å². The van der Waals surface area contributed by atoms with E-state index in [-0.39, 0.29) is 12.4 Å². The van der Waals surface area contributed by atoms with Gasteiger partial charge in [-0.2, -0.15) is 0 Å². The number of aliphatic hydroxyl groups excluding tert-OH is 3. The average molecular weight is 406 g/mol. The number of cyclic esters (lactones) is 1. The Bertz CT molecular complexity index is 570. The first-order chi connectivity index (χ1) is 12.4. The minimum Gasteiger partial charge on any atom is -0.499 e. The van der Waals surface area contributed by atoms with Crippen LogP contribution in [0.3, 0.4) is 0 Å². The summed E-state index contributed by atoms with van der Waals surface area (Å²) in [6.07, 6.45) is -1.85. The smallest absolute Gasteiger partial charge is 0.407 e. The van der Waals surface area contributed by atoms with E-state index in [4.69, 9.17) is 19.3 Å². The zero-order valence-electron chi connectivity index (χ0n) is 16.6. The molecule has 27 heavy (non-hydrogen) atoms. The summed E-state index contributed by atoms with van der Waals surface area (Å²) in [7, 11) is -1.75. The lowest BCUT2D eigenvalue weighted by Gasteiger charge is -2.25. The van der Waals surface area contributed by atoms with Crippen LogP contribution in [-0.4, -0.2) is 72.6 Å². The molecule has 1 amide bonds. The minimum atomic E-state index is -1.75. The second-order valence-corrected chi connectivity index (χ2v) is 13.4. The van der Waals surface area contributed by atoms with Crippen LogP contribution < -0.4 is 5.32 Å². The van der Waals surface area contributed by atoms with Crippen molar-refractivity contribution in [2.75, 3.05) is 19.4 Å². The third-order valence-electron chi connectivity index (χ3n) is 3.82. The Morgan fingerprint density at radius 3 is 2.56 bits per heavy atom. The van der Waals surface area contributed by atoms with Crippen molar-refractivity contribution in [2.45, 2.75) is 64.1 Å². The van der Waals surface area contributed by atoms with Gasteiger partial charge in [-0.25, -0.2) is 9.59 Å². The predicted molar refractivity (Wildman–Crippen MR) is 99.7 cm³/mol. The molecule has 1 aliphatic heterocycles. The van der Waals surface area contributed by atoms with E-state index in [1.54, 1.807) is 20.8 Å². The molecule has 1 rings (SSSR count). The normalized spacial score (nSPS) is 18.9. The van der Waals surface area contributed by atoms with Crippen molar-refractivity contribution < 1.29 is 39.1 Å². The highest BCUT2D eigenvalue weighted by molar-refractivity contribution is 6.77. The molecule has 0 spiro atoms. The van der Waals surface area contributed by atoms with Crippen molar-refractivity contribution in [1.82, 2.24) is 5.32 Å². The van der Waals surface area contributed by atoms with Gasteiger partial charge in [0.15, 0.2) is 11.9 Å². The summed E-state index contributed by atoms with van der Waals surface area (Å²) in [6, 6.07) is 0.818. The average Bonchev–Trinajstić information content (AvgIpc) is 2.83. The number of aliphatic hydroxyl groups is 3. The summed E-state index contributed by atoms with van der Waals surface area (Å²) in [5.74, 6) is -1.83. The highest BCUT2D eigenvalue weighted by Gasteiger charge is 2.40. The zero-order valence-corrected chi connectivity index (χ0v) is 17.6. The number of ether oxygens (including phenoxy) is 3. The fraction of sp³-hybridized carbons (Fsp3) is 0.765. The molecule has 10 heteroatoms. The monoisotopic (exact) mass is 405 g/mol. The van der Waals surface area contributed by atoms with Crippen molar-refractivity contribution in [3.63, 3.8) is 0 Å². The first-order valence-electron chi connectivity index (χ1n) is 8.89. The summed E-state index contributed by atoms with van der Waals surface area (Å²) < 4.78 is 15.4. The van der Waals surface area contributed by atoms with Crippen LogP contribution in [0.1, 0.15) is 27.2 Å². The van der Waals surface area contributed by atoms with Crippen LogP contribution in [0.4, 0.5) is 4.79 Å². The molecule has 156 valence electrons. The summed E-state index contributed by atoms with van der Waals surface area (Å²) in [4.78, 5) is 23.2. The molecule has 9 nitrogen and oxygen atoms in total. The first-order valence-corrected chi connectivity index (χ1v) is 12.3. The molecule has 0 aliphatic carbocycles. The van der Waals surface area contributed by atoms with Gasteiger partial charge in [-0.3, -0.25) is 0 Å². The second kappa shape index (κ2) is 9.42. The van der Waals surface area contributed by atoms with Crippen molar-refractivity contribution in [3.8, 4) is 0 Å². The number of nitrogens with one attached hydrogen (secondary N) is 1. The van der Waals surface area contributed by atoms with Gasteiger partial charge in [-0.15, -0.1) is 0 Å². The molecule has 2 atom stereocenters. The van der Waals surface area contributed by atoms with E-state index in [2.05, 4.69) is 18.4 Å². The number of hydrogen-bond donors (Lipinski definition) is 4. The third-order valence-corrected chi connectivity index (χ3v) is 6.66. The van der Waals surface area contributed by atoms with Gasteiger partial charge >= 0.3 is 12.1 Å². The van der Waals surface area contributed by atoms with E-state index in [9.17, 15) is 19.8 Å². The molecule has 1 heterocycles. The Morgan fingerprint density at radius 2 is 2.00 bits per heavy atom. The lowest BCUT2D eigenvalue weighted by Crippen LogP contribution is -2.44. The van der Waals surface area contributed by atoms with Gasteiger partial charge in [0, 0.05) is 6.17 Å². The van der Waals surface area contributed by atoms with Crippen molar-refractivity contribution in [2.24, 2.45) is 0 Å². The lowest BCUT2D eigenvalue weighted by molar-refractivity contribution is -0.148. The largest absolute Gasteiger partial charge is 0.499 e. The molecule has 1 aliphatic rings. The highest BCUT2D eigenvalue weighted by atomic mass is 28.3. The van der Waals surface area contributed by atoms with E-state index in [1.165, 1.54) is 0 Å². The molecule has 0 radical (unpaired) electrons. The molecule has 0 fully saturated rings. The molecule has 0 bridgehead atoms. The number of esters is 1. The molecule has 0 aromatic heterocycles. The standard InChI is InChI=1S/C17H31NO8Si/c1-17(2,3)26-16(23)18-10-27(4,5)8-6-7-24-14-12(21)15(22)25-13(14)11(20)9-19/h11,13,19-21H,6-10H2,1-5H3,(H,18,23)/t11-,13+/m0/s1. The van der Waals surface area contributed by atoms with E-state index in [0.29, 0.717) is 12.6 Å². The minimum absolute atomic E-state index is 0.159. The van der Waals surface area contributed by atoms with Crippen LogP contribution >= 0.6 is 0 Å². The van der Waals surface area contributed by atoms with Crippen molar-refractivity contribution in [1.29, 1.82) is 0 Å². The van der Waals surface area contributed by atoms with Gasteiger partial charge in [0.1, 0.15) is 11.7 Å². The molecule has 4 N–H and O–H groups in total. The van der Waals surface area contributed by atoms with Gasteiger partial charge in [-0.05, 0) is 27.2 Å². The summed E-state index contributed by atoms with van der Waals surface area (Å²) >= 11 is 0. The fourth-order valence-corrected chi connectivity index (χ4v) is 4.31. The van der Waals surface area contributed by atoms with Crippen LogP contribution in [-0.2, 0) is 19.0 Å². The van der Waals surface area contributed by atoms with Crippen LogP contribution in [0.5, 0.6) is 0 Å². The third kappa shape index (κ3) is 7.77. The molecule has 0 saturated carbocycles. The Hall–Kier alpha value is -1.78. The second-order valence-electron chi connectivity index (χ2n) is 8.26. The fourth-order valence-electron chi connectivity index (χ4n) is 2.41. The van der Waals surface area contributed by atoms with E-state index < -0.39 is 50.3 Å². The van der Waals surface area contributed by atoms with Gasteiger partial charge in [0.05, 0.1) is 21.3 Å². The molecule has 0 aromatic carbocycles. The van der Waals surface area contributed by atoms with Gasteiger partial charge in [0.2, 0.25) is 5.76 Å².